The highest BCUT2D eigenvalue weighted by molar-refractivity contribution is 6.05. The molecule has 1 heterocycles. The Morgan fingerprint density at radius 2 is 1.92 bits per heavy atom. The van der Waals surface area contributed by atoms with Crippen LogP contribution in [0.5, 0.6) is 11.5 Å². The van der Waals surface area contributed by atoms with Crippen molar-refractivity contribution < 1.29 is 18.7 Å². The number of carbonyl (C=O) groups is 1. The third kappa shape index (κ3) is 3.57. The van der Waals surface area contributed by atoms with Crippen LogP contribution in [0.4, 0.5) is 10.1 Å². The van der Waals surface area contributed by atoms with Gasteiger partial charge in [0.05, 0.1) is 14.2 Å². The Balaban J connectivity index is 1.85. The Bertz CT molecular complexity index is 847. The molecule has 4 nitrogen and oxygen atoms in total. The molecular formula is C21H22FNO3. The number of aryl methyl sites for hydroxylation is 1. The summed E-state index contributed by atoms with van der Waals surface area (Å²) in [4.78, 5) is 14.5. The van der Waals surface area contributed by atoms with Crippen molar-refractivity contribution >= 4 is 17.7 Å². The van der Waals surface area contributed by atoms with Crippen LogP contribution in [0, 0.1) is 5.82 Å². The monoisotopic (exact) mass is 355 g/mol. The molecular weight excluding hydrogens is 333 g/mol. The number of benzene rings is 2. The Morgan fingerprint density at radius 1 is 1.15 bits per heavy atom. The summed E-state index contributed by atoms with van der Waals surface area (Å²) in [5, 5.41) is 0. The largest absolute Gasteiger partial charge is 0.493 e. The number of hydrogen-bond acceptors (Lipinski definition) is 3. The maximum atomic E-state index is 13.5. The Kier molecular flexibility index (Phi) is 5.26. The molecule has 0 saturated carbocycles. The van der Waals surface area contributed by atoms with E-state index in [0.29, 0.717) is 11.5 Å². The molecule has 0 radical (unpaired) electrons. The summed E-state index contributed by atoms with van der Waals surface area (Å²) in [6.07, 6.45) is 4.87. The van der Waals surface area contributed by atoms with Gasteiger partial charge in [0.15, 0.2) is 11.5 Å². The second-order valence-corrected chi connectivity index (χ2v) is 6.32. The van der Waals surface area contributed by atoms with Crippen LogP contribution in [0.15, 0.2) is 42.5 Å². The Hall–Kier alpha value is -2.82. The topological polar surface area (TPSA) is 38.8 Å². The first-order valence-electron chi connectivity index (χ1n) is 8.55. The van der Waals surface area contributed by atoms with E-state index in [9.17, 15) is 9.18 Å². The lowest BCUT2D eigenvalue weighted by Crippen LogP contribution is -2.41. The van der Waals surface area contributed by atoms with E-state index in [4.69, 9.17) is 9.47 Å². The van der Waals surface area contributed by atoms with E-state index in [-0.39, 0.29) is 17.8 Å². The van der Waals surface area contributed by atoms with Crippen molar-refractivity contribution in [3.8, 4) is 11.5 Å². The quantitative estimate of drug-likeness (QED) is 0.771. The highest BCUT2D eigenvalue weighted by Gasteiger charge is 2.27. The van der Waals surface area contributed by atoms with E-state index >= 15 is 0 Å². The zero-order chi connectivity index (χ0) is 18.7. The van der Waals surface area contributed by atoms with Gasteiger partial charge in [0.25, 0.3) is 5.91 Å². The molecule has 1 atom stereocenters. The van der Waals surface area contributed by atoms with Gasteiger partial charge in [0.1, 0.15) is 5.82 Å². The minimum absolute atomic E-state index is 0.0653. The van der Waals surface area contributed by atoms with Crippen molar-refractivity contribution in [2.45, 2.75) is 25.8 Å². The van der Waals surface area contributed by atoms with Crippen LogP contribution < -0.4 is 14.4 Å². The number of halogens is 1. The van der Waals surface area contributed by atoms with Crippen molar-refractivity contribution in [1.29, 1.82) is 0 Å². The molecule has 3 rings (SSSR count). The van der Waals surface area contributed by atoms with Crippen LogP contribution in [0.25, 0.3) is 6.08 Å². The van der Waals surface area contributed by atoms with Crippen LogP contribution >= 0.6 is 0 Å². The fraction of sp³-hybridized carbons (Fsp3) is 0.286. The molecule has 0 saturated heterocycles. The van der Waals surface area contributed by atoms with Gasteiger partial charge in [0, 0.05) is 17.8 Å². The molecule has 0 N–H and O–H groups in total. The first-order chi connectivity index (χ1) is 12.5. The first kappa shape index (κ1) is 18.0. The van der Waals surface area contributed by atoms with E-state index in [1.807, 2.05) is 19.1 Å². The number of carbonyl (C=O) groups excluding carboxylic acids is 1. The lowest BCUT2D eigenvalue weighted by Gasteiger charge is -2.34. The van der Waals surface area contributed by atoms with E-state index in [2.05, 4.69) is 0 Å². The zero-order valence-electron chi connectivity index (χ0n) is 15.2. The molecule has 0 bridgehead atoms. The molecule has 5 heteroatoms. The molecule has 1 aliphatic rings. The molecule has 26 heavy (non-hydrogen) atoms. The number of methoxy groups -OCH3 is 2. The van der Waals surface area contributed by atoms with E-state index < -0.39 is 0 Å². The summed E-state index contributed by atoms with van der Waals surface area (Å²) in [5.41, 5.74) is 2.49. The molecule has 2 aromatic rings. The summed E-state index contributed by atoms with van der Waals surface area (Å²) in [6, 6.07) is 10.1. The van der Waals surface area contributed by atoms with Gasteiger partial charge in [-0.05, 0) is 67.3 Å². The highest BCUT2D eigenvalue weighted by atomic mass is 19.1. The molecule has 0 aromatic heterocycles. The fourth-order valence-electron chi connectivity index (χ4n) is 3.26. The summed E-state index contributed by atoms with van der Waals surface area (Å²) in [7, 11) is 3.15. The minimum Gasteiger partial charge on any atom is -0.493 e. The maximum absolute atomic E-state index is 13.5. The van der Waals surface area contributed by atoms with Gasteiger partial charge in [-0.2, -0.15) is 0 Å². The predicted octanol–water partition coefficient (Wildman–Crippen LogP) is 4.22. The Morgan fingerprint density at radius 3 is 2.65 bits per heavy atom. The first-order valence-corrected chi connectivity index (χ1v) is 8.55. The molecule has 2 aromatic carbocycles. The van der Waals surface area contributed by atoms with Gasteiger partial charge < -0.3 is 14.4 Å². The smallest absolute Gasteiger partial charge is 0.251 e. The highest BCUT2D eigenvalue weighted by Crippen LogP contribution is 2.32. The lowest BCUT2D eigenvalue weighted by molar-refractivity contribution is -0.114. The molecule has 0 spiro atoms. The average molecular weight is 355 g/mol. The molecule has 0 unspecified atom stereocenters. The standard InChI is InChI=1S/C21H22FNO3/c1-14-4-7-16-13-17(22)8-9-18(16)23(14)21(24)11-6-15-5-10-19(25-2)20(12-15)26-3/h5-6,8-14H,4,7H2,1-3H3/b11-6+/t14-/m1/s1. The number of amides is 1. The van der Waals surface area contributed by atoms with Crippen molar-refractivity contribution in [1.82, 2.24) is 0 Å². The number of rotatable bonds is 4. The number of fused-ring (bicyclic) bond motifs is 1. The summed E-state index contributed by atoms with van der Waals surface area (Å²) in [5.74, 6) is 0.845. The van der Waals surface area contributed by atoms with E-state index in [1.54, 1.807) is 37.3 Å². The normalized spacial score (nSPS) is 16.5. The number of ether oxygens (including phenoxy) is 2. The van der Waals surface area contributed by atoms with Gasteiger partial charge in [-0.3, -0.25) is 4.79 Å². The maximum Gasteiger partial charge on any atom is 0.251 e. The molecule has 1 aliphatic heterocycles. The van der Waals surface area contributed by atoms with Gasteiger partial charge in [-0.1, -0.05) is 6.07 Å². The van der Waals surface area contributed by atoms with Crippen molar-refractivity contribution in [2.24, 2.45) is 0 Å². The van der Waals surface area contributed by atoms with Crippen LogP contribution in [-0.4, -0.2) is 26.2 Å². The van der Waals surface area contributed by atoms with Gasteiger partial charge in [0.2, 0.25) is 0 Å². The van der Waals surface area contributed by atoms with Crippen molar-refractivity contribution in [3.05, 3.63) is 59.4 Å². The Labute approximate surface area is 152 Å². The SMILES string of the molecule is COc1ccc(/C=C/C(=O)N2c3ccc(F)cc3CC[C@H]2C)cc1OC. The van der Waals surface area contributed by atoms with Crippen molar-refractivity contribution in [2.75, 3.05) is 19.1 Å². The van der Waals surface area contributed by atoms with Crippen molar-refractivity contribution in [3.63, 3.8) is 0 Å². The van der Waals surface area contributed by atoms with Gasteiger partial charge in [-0.25, -0.2) is 4.39 Å². The van der Waals surface area contributed by atoms with E-state index in [1.165, 1.54) is 18.2 Å². The second kappa shape index (κ2) is 7.60. The summed E-state index contributed by atoms with van der Waals surface area (Å²) < 4.78 is 24.0. The third-order valence-electron chi connectivity index (χ3n) is 4.64. The van der Waals surface area contributed by atoms with Crippen LogP contribution in [0.3, 0.4) is 0 Å². The van der Waals surface area contributed by atoms with Gasteiger partial charge in [-0.15, -0.1) is 0 Å². The number of hydrogen-bond donors (Lipinski definition) is 0. The van der Waals surface area contributed by atoms with E-state index in [0.717, 1.165) is 29.7 Å². The fourth-order valence-corrected chi connectivity index (χ4v) is 3.26. The van der Waals surface area contributed by atoms with Gasteiger partial charge >= 0.3 is 0 Å². The number of nitrogens with zero attached hydrogens (tertiary/aromatic N) is 1. The predicted molar refractivity (Wildman–Crippen MR) is 100 cm³/mol. The lowest BCUT2D eigenvalue weighted by atomic mass is 9.96. The molecule has 0 fully saturated rings. The van der Waals surface area contributed by atoms with Crippen LogP contribution in [-0.2, 0) is 11.2 Å². The summed E-state index contributed by atoms with van der Waals surface area (Å²) in [6.45, 7) is 2.01. The summed E-state index contributed by atoms with van der Waals surface area (Å²) >= 11 is 0. The number of anilines is 1. The average Bonchev–Trinajstić information content (AvgIpc) is 2.65. The minimum atomic E-state index is -0.272. The van der Waals surface area contributed by atoms with Crippen LogP contribution in [0.2, 0.25) is 0 Å². The van der Waals surface area contributed by atoms with Crippen LogP contribution in [0.1, 0.15) is 24.5 Å². The second-order valence-electron chi connectivity index (χ2n) is 6.32. The zero-order valence-corrected chi connectivity index (χ0v) is 15.2. The molecule has 1 amide bonds. The molecule has 136 valence electrons. The third-order valence-corrected chi connectivity index (χ3v) is 4.64. The molecule has 0 aliphatic carbocycles.